The maximum absolute atomic E-state index is 5.52. The molecule has 128 valence electrons. The van der Waals surface area contributed by atoms with E-state index in [4.69, 9.17) is 4.74 Å². The number of anilines is 1. The molecule has 0 unspecified atom stereocenters. The second kappa shape index (κ2) is 8.04. The lowest BCUT2D eigenvalue weighted by Crippen LogP contribution is -2.42. The first-order chi connectivity index (χ1) is 11.2. The smallest absolute Gasteiger partial charge is 0.131 e. The number of nitrogens with one attached hydrogen (secondary N) is 1. The molecule has 0 radical (unpaired) electrons. The van der Waals surface area contributed by atoms with Crippen molar-refractivity contribution in [2.24, 2.45) is 5.92 Å². The zero-order chi connectivity index (χ0) is 16.1. The van der Waals surface area contributed by atoms with Crippen LogP contribution in [0, 0.1) is 5.92 Å². The summed E-state index contributed by atoms with van der Waals surface area (Å²) in [7, 11) is 4.04. The molecule has 2 aliphatic rings. The standard InChI is InChI=1S/C17H29N5O/c1-21(2)17-10-15(19-13-20-17)9-14-11-18-5-6-22(12-14)16-3-7-23-8-4-16/h10,13-14,16,18H,3-9,11-12H2,1-2H3/t14-/m0/s1. The number of ether oxygens (including phenoxy) is 1. The lowest BCUT2D eigenvalue weighted by molar-refractivity contribution is 0.0323. The molecule has 0 spiro atoms. The van der Waals surface area contributed by atoms with Gasteiger partial charge in [-0.25, -0.2) is 9.97 Å². The predicted molar refractivity (Wildman–Crippen MR) is 91.8 cm³/mol. The molecule has 0 aromatic carbocycles. The van der Waals surface area contributed by atoms with Crippen LogP contribution in [0.15, 0.2) is 12.4 Å². The SMILES string of the molecule is CN(C)c1cc(C[C@H]2CNCCN(C3CCOCC3)C2)ncn1. The fourth-order valence-electron chi connectivity index (χ4n) is 3.57. The van der Waals surface area contributed by atoms with Gasteiger partial charge in [0.25, 0.3) is 0 Å². The molecule has 0 amide bonds. The van der Waals surface area contributed by atoms with Crippen LogP contribution in [0.3, 0.4) is 0 Å². The van der Waals surface area contributed by atoms with Crippen molar-refractivity contribution in [1.82, 2.24) is 20.2 Å². The van der Waals surface area contributed by atoms with E-state index >= 15 is 0 Å². The van der Waals surface area contributed by atoms with Crippen molar-refractivity contribution in [3.05, 3.63) is 18.1 Å². The predicted octanol–water partition coefficient (Wildman–Crippen LogP) is 0.786. The topological polar surface area (TPSA) is 53.5 Å². The number of nitrogens with zero attached hydrogens (tertiary/aromatic N) is 4. The zero-order valence-electron chi connectivity index (χ0n) is 14.4. The molecule has 0 bridgehead atoms. The van der Waals surface area contributed by atoms with Crippen LogP contribution >= 0.6 is 0 Å². The van der Waals surface area contributed by atoms with Crippen molar-refractivity contribution in [1.29, 1.82) is 0 Å². The second-order valence-electron chi connectivity index (χ2n) is 6.87. The Morgan fingerprint density at radius 2 is 2.13 bits per heavy atom. The summed E-state index contributed by atoms with van der Waals surface area (Å²) in [5, 5.41) is 3.60. The maximum Gasteiger partial charge on any atom is 0.131 e. The summed E-state index contributed by atoms with van der Waals surface area (Å²) in [6.45, 7) is 6.28. The average molecular weight is 319 g/mol. The highest BCUT2D eigenvalue weighted by molar-refractivity contribution is 5.36. The Labute approximate surface area is 139 Å². The summed E-state index contributed by atoms with van der Waals surface area (Å²) in [5.41, 5.74) is 1.14. The van der Waals surface area contributed by atoms with E-state index in [0.717, 1.165) is 57.3 Å². The summed E-state index contributed by atoms with van der Waals surface area (Å²) < 4.78 is 5.52. The van der Waals surface area contributed by atoms with E-state index in [0.29, 0.717) is 12.0 Å². The molecule has 6 heteroatoms. The van der Waals surface area contributed by atoms with Gasteiger partial charge in [-0.2, -0.15) is 0 Å². The highest BCUT2D eigenvalue weighted by atomic mass is 16.5. The van der Waals surface area contributed by atoms with Gasteiger partial charge >= 0.3 is 0 Å². The minimum Gasteiger partial charge on any atom is -0.381 e. The van der Waals surface area contributed by atoms with Crippen molar-refractivity contribution < 1.29 is 4.74 Å². The van der Waals surface area contributed by atoms with Crippen molar-refractivity contribution in [3.8, 4) is 0 Å². The Balaban J connectivity index is 1.63. The third-order valence-electron chi connectivity index (χ3n) is 4.87. The molecule has 3 rings (SSSR count). The molecular weight excluding hydrogens is 290 g/mol. The Morgan fingerprint density at radius 3 is 2.91 bits per heavy atom. The summed E-state index contributed by atoms with van der Waals surface area (Å²) in [5.74, 6) is 1.59. The minimum atomic E-state index is 0.602. The van der Waals surface area contributed by atoms with Crippen LogP contribution in [0.2, 0.25) is 0 Å². The van der Waals surface area contributed by atoms with Gasteiger partial charge in [-0.05, 0) is 31.7 Å². The first-order valence-corrected chi connectivity index (χ1v) is 8.73. The van der Waals surface area contributed by atoms with Crippen LogP contribution < -0.4 is 10.2 Å². The highest BCUT2D eigenvalue weighted by Gasteiger charge is 2.26. The number of hydrogen-bond donors (Lipinski definition) is 1. The Hall–Kier alpha value is -1.24. The molecule has 1 atom stereocenters. The van der Waals surface area contributed by atoms with Gasteiger partial charge in [0.1, 0.15) is 12.1 Å². The molecule has 1 N–H and O–H groups in total. The number of aromatic nitrogens is 2. The van der Waals surface area contributed by atoms with Crippen molar-refractivity contribution in [3.63, 3.8) is 0 Å². The van der Waals surface area contributed by atoms with E-state index in [-0.39, 0.29) is 0 Å². The zero-order valence-corrected chi connectivity index (χ0v) is 14.4. The highest BCUT2D eigenvalue weighted by Crippen LogP contribution is 2.19. The van der Waals surface area contributed by atoms with E-state index in [9.17, 15) is 0 Å². The van der Waals surface area contributed by atoms with E-state index < -0.39 is 0 Å². The third kappa shape index (κ3) is 4.62. The molecule has 23 heavy (non-hydrogen) atoms. The Morgan fingerprint density at radius 1 is 1.30 bits per heavy atom. The lowest BCUT2D eigenvalue weighted by atomic mass is 10.00. The van der Waals surface area contributed by atoms with Crippen LogP contribution in [0.1, 0.15) is 18.5 Å². The monoisotopic (exact) mass is 319 g/mol. The van der Waals surface area contributed by atoms with Gasteiger partial charge < -0.3 is 15.0 Å². The van der Waals surface area contributed by atoms with Gasteiger partial charge in [-0.3, -0.25) is 4.90 Å². The summed E-state index contributed by atoms with van der Waals surface area (Å²) >= 11 is 0. The van der Waals surface area contributed by atoms with Crippen LogP contribution in [0.5, 0.6) is 0 Å². The average Bonchev–Trinajstić information content (AvgIpc) is 2.81. The first-order valence-electron chi connectivity index (χ1n) is 8.73. The minimum absolute atomic E-state index is 0.602. The Bertz CT molecular complexity index is 490. The van der Waals surface area contributed by atoms with Crippen LogP contribution in [0.4, 0.5) is 5.82 Å². The van der Waals surface area contributed by atoms with E-state index in [2.05, 4.69) is 26.3 Å². The van der Waals surface area contributed by atoms with Crippen LogP contribution in [-0.4, -0.2) is 74.4 Å². The molecule has 0 aliphatic carbocycles. The van der Waals surface area contributed by atoms with E-state index in [1.54, 1.807) is 6.33 Å². The van der Waals surface area contributed by atoms with Crippen molar-refractivity contribution in [2.45, 2.75) is 25.3 Å². The number of rotatable bonds is 4. The van der Waals surface area contributed by atoms with Crippen LogP contribution in [0.25, 0.3) is 0 Å². The maximum atomic E-state index is 5.52. The quantitative estimate of drug-likeness (QED) is 0.885. The Kier molecular flexibility index (Phi) is 5.80. The van der Waals surface area contributed by atoms with Gasteiger partial charge in [0.05, 0.1) is 0 Å². The number of hydrogen-bond acceptors (Lipinski definition) is 6. The fourth-order valence-corrected chi connectivity index (χ4v) is 3.57. The molecule has 6 nitrogen and oxygen atoms in total. The molecule has 0 saturated carbocycles. The van der Waals surface area contributed by atoms with E-state index in [1.165, 1.54) is 12.8 Å². The van der Waals surface area contributed by atoms with Gasteiger partial charge in [0, 0.05) is 64.7 Å². The molecule has 2 fully saturated rings. The molecule has 1 aromatic heterocycles. The molecule has 3 heterocycles. The first kappa shape index (κ1) is 16.6. The summed E-state index contributed by atoms with van der Waals surface area (Å²) in [6, 6.07) is 2.80. The fraction of sp³-hybridized carbons (Fsp3) is 0.765. The summed E-state index contributed by atoms with van der Waals surface area (Å²) in [4.78, 5) is 13.5. The van der Waals surface area contributed by atoms with Crippen molar-refractivity contribution >= 4 is 5.82 Å². The molecule has 2 aliphatic heterocycles. The second-order valence-corrected chi connectivity index (χ2v) is 6.87. The molecule has 1 aromatic rings. The molecular formula is C17H29N5O. The lowest BCUT2D eigenvalue weighted by Gasteiger charge is -2.34. The normalized spacial score (nSPS) is 24.3. The van der Waals surface area contributed by atoms with Crippen molar-refractivity contribution in [2.75, 3.05) is 58.4 Å². The molecule has 2 saturated heterocycles. The van der Waals surface area contributed by atoms with Crippen LogP contribution in [-0.2, 0) is 11.2 Å². The largest absolute Gasteiger partial charge is 0.381 e. The summed E-state index contributed by atoms with van der Waals surface area (Å²) in [6.07, 6.45) is 5.04. The van der Waals surface area contributed by atoms with Gasteiger partial charge in [0.2, 0.25) is 0 Å². The third-order valence-corrected chi connectivity index (χ3v) is 4.87. The van der Waals surface area contributed by atoms with Gasteiger partial charge in [0.15, 0.2) is 0 Å². The van der Waals surface area contributed by atoms with E-state index in [1.807, 2.05) is 19.0 Å². The van der Waals surface area contributed by atoms with Gasteiger partial charge in [-0.15, -0.1) is 0 Å². The van der Waals surface area contributed by atoms with Gasteiger partial charge in [-0.1, -0.05) is 0 Å².